The Labute approximate surface area is 160 Å². The van der Waals surface area contributed by atoms with Crippen LogP contribution in [-0.2, 0) is 10.0 Å². The number of sulfonamides is 1. The second-order valence-electron chi connectivity index (χ2n) is 6.17. The van der Waals surface area contributed by atoms with Crippen LogP contribution in [0, 0.1) is 12.7 Å². The molecule has 0 saturated carbocycles. The van der Waals surface area contributed by atoms with Gasteiger partial charge in [-0.2, -0.15) is 4.31 Å². The molecule has 26 heavy (non-hydrogen) atoms. The van der Waals surface area contributed by atoms with E-state index < -0.39 is 21.7 Å². The van der Waals surface area contributed by atoms with Crippen LogP contribution < -0.4 is 5.32 Å². The minimum absolute atomic E-state index is 0.0721. The maximum Gasteiger partial charge on any atom is 0.256 e. The first-order valence-electron chi connectivity index (χ1n) is 8.16. The van der Waals surface area contributed by atoms with E-state index in [4.69, 9.17) is 0 Å². The number of nitrogens with zero attached hydrogens (tertiary/aromatic N) is 1. The second-order valence-corrected chi connectivity index (χ2v) is 8.96. The lowest BCUT2D eigenvalue weighted by Gasteiger charge is -2.16. The molecule has 5 nitrogen and oxygen atoms in total. The summed E-state index contributed by atoms with van der Waals surface area (Å²) in [6, 6.07) is 8.74. The first-order chi connectivity index (χ1) is 12.3. The number of amides is 1. The van der Waals surface area contributed by atoms with Crippen molar-refractivity contribution in [1.82, 2.24) is 4.31 Å². The van der Waals surface area contributed by atoms with Crippen molar-refractivity contribution in [3.8, 4) is 0 Å². The molecule has 1 saturated heterocycles. The minimum atomic E-state index is -3.62. The second kappa shape index (κ2) is 7.46. The summed E-state index contributed by atoms with van der Waals surface area (Å²) in [6.07, 6.45) is 1.67. The van der Waals surface area contributed by atoms with Gasteiger partial charge in [-0.05, 0) is 71.6 Å². The summed E-state index contributed by atoms with van der Waals surface area (Å²) < 4.78 is 40.9. The summed E-state index contributed by atoms with van der Waals surface area (Å²) in [5, 5.41) is 2.60. The predicted octanol–water partition coefficient (Wildman–Crippen LogP) is 3.93. The molecule has 1 N–H and O–H groups in total. The van der Waals surface area contributed by atoms with Crippen molar-refractivity contribution in [3.63, 3.8) is 0 Å². The van der Waals surface area contributed by atoms with Crippen LogP contribution in [0.1, 0.15) is 28.8 Å². The van der Waals surface area contributed by atoms with Gasteiger partial charge in [-0.1, -0.05) is 6.07 Å². The summed E-state index contributed by atoms with van der Waals surface area (Å²) in [4.78, 5) is 12.6. The topological polar surface area (TPSA) is 66.5 Å². The number of carbonyl (C=O) groups is 1. The van der Waals surface area contributed by atoms with Crippen LogP contribution in [0.3, 0.4) is 0 Å². The van der Waals surface area contributed by atoms with Gasteiger partial charge in [0.25, 0.3) is 5.91 Å². The van der Waals surface area contributed by atoms with E-state index >= 15 is 0 Å². The van der Waals surface area contributed by atoms with Crippen LogP contribution >= 0.6 is 15.9 Å². The maximum absolute atomic E-state index is 13.7. The Kier molecular flexibility index (Phi) is 5.45. The van der Waals surface area contributed by atoms with Crippen molar-refractivity contribution < 1.29 is 17.6 Å². The van der Waals surface area contributed by atoms with E-state index in [1.807, 2.05) is 0 Å². The summed E-state index contributed by atoms with van der Waals surface area (Å²) in [6.45, 7) is 2.61. The summed E-state index contributed by atoms with van der Waals surface area (Å²) >= 11 is 3.28. The van der Waals surface area contributed by atoms with Gasteiger partial charge in [0.2, 0.25) is 10.0 Å². The number of rotatable bonds is 4. The van der Waals surface area contributed by atoms with Crippen molar-refractivity contribution in [2.24, 2.45) is 0 Å². The van der Waals surface area contributed by atoms with E-state index in [2.05, 4.69) is 21.2 Å². The molecule has 1 fully saturated rings. The number of hydrogen-bond donors (Lipinski definition) is 1. The maximum atomic E-state index is 13.7. The predicted molar refractivity (Wildman–Crippen MR) is 101 cm³/mol. The van der Waals surface area contributed by atoms with E-state index in [-0.39, 0.29) is 10.5 Å². The Balaban J connectivity index is 1.89. The molecular formula is C18H18BrFN2O3S. The first kappa shape index (κ1) is 19.0. The Hall–Kier alpha value is -1.77. The average molecular weight is 441 g/mol. The molecule has 8 heteroatoms. The van der Waals surface area contributed by atoms with Gasteiger partial charge in [0.15, 0.2) is 0 Å². The normalized spacial score (nSPS) is 15.2. The van der Waals surface area contributed by atoms with Gasteiger partial charge in [0.1, 0.15) is 5.82 Å². The number of hydrogen-bond acceptors (Lipinski definition) is 3. The van der Waals surface area contributed by atoms with Gasteiger partial charge in [0, 0.05) is 23.2 Å². The zero-order valence-electron chi connectivity index (χ0n) is 14.1. The SMILES string of the molecule is Cc1ccc(NC(=O)c2cc(S(=O)(=O)N3CCCC3)ccc2Br)cc1F. The number of benzene rings is 2. The van der Waals surface area contributed by atoms with Crippen LogP contribution in [0.15, 0.2) is 45.8 Å². The summed E-state index contributed by atoms with van der Waals surface area (Å²) in [5.41, 5.74) is 0.951. The highest BCUT2D eigenvalue weighted by atomic mass is 79.9. The summed E-state index contributed by atoms with van der Waals surface area (Å²) in [5.74, 6) is -0.939. The fourth-order valence-corrected chi connectivity index (χ4v) is 4.76. The smallest absolute Gasteiger partial charge is 0.256 e. The first-order valence-corrected chi connectivity index (χ1v) is 10.4. The molecule has 1 heterocycles. The van der Waals surface area contributed by atoms with Gasteiger partial charge in [-0.15, -0.1) is 0 Å². The quantitative estimate of drug-likeness (QED) is 0.782. The Morgan fingerprint density at radius 3 is 2.50 bits per heavy atom. The third-order valence-corrected chi connectivity index (χ3v) is 6.90. The van der Waals surface area contributed by atoms with Crippen LogP contribution in [0.4, 0.5) is 10.1 Å². The third kappa shape index (κ3) is 3.82. The molecule has 0 atom stereocenters. The van der Waals surface area contributed by atoms with Gasteiger partial charge < -0.3 is 5.32 Å². The van der Waals surface area contributed by atoms with E-state index in [0.29, 0.717) is 28.8 Å². The third-order valence-electron chi connectivity index (χ3n) is 4.31. The minimum Gasteiger partial charge on any atom is -0.322 e. The molecule has 2 aromatic rings. The number of anilines is 1. The number of aryl methyl sites for hydroxylation is 1. The van der Waals surface area contributed by atoms with Crippen LogP contribution in [0.25, 0.3) is 0 Å². The van der Waals surface area contributed by atoms with Crippen molar-refractivity contribution in [1.29, 1.82) is 0 Å². The lowest BCUT2D eigenvalue weighted by Crippen LogP contribution is -2.28. The molecule has 1 aliphatic rings. The Morgan fingerprint density at radius 2 is 1.85 bits per heavy atom. The lowest BCUT2D eigenvalue weighted by atomic mass is 10.2. The van der Waals surface area contributed by atoms with Crippen molar-refractivity contribution >= 4 is 37.5 Å². The van der Waals surface area contributed by atoms with Crippen LogP contribution in [-0.4, -0.2) is 31.7 Å². The van der Waals surface area contributed by atoms with E-state index in [0.717, 1.165) is 12.8 Å². The molecule has 1 amide bonds. The molecule has 3 rings (SSSR count). The monoisotopic (exact) mass is 440 g/mol. The molecule has 138 valence electrons. The largest absolute Gasteiger partial charge is 0.322 e. The zero-order valence-corrected chi connectivity index (χ0v) is 16.5. The standard InChI is InChI=1S/C18H18BrFN2O3S/c1-12-4-5-13(10-17(12)20)21-18(23)15-11-14(6-7-16(15)19)26(24,25)22-8-2-3-9-22/h4-7,10-11H,2-3,8-9H2,1H3,(H,21,23). The van der Waals surface area contributed by atoms with Gasteiger partial charge in [-0.25, -0.2) is 12.8 Å². The van der Waals surface area contributed by atoms with E-state index in [1.54, 1.807) is 19.1 Å². The van der Waals surface area contributed by atoms with E-state index in [9.17, 15) is 17.6 Å². The van der Waals surface area contributed by atoms with Gasteiger partial charge >= 0.3 is 0 Å². The fraction of sp³-hybridized carbons (Fsp3) is 0.278. The Morgan fingerprint density at radius 1 is 1.15 bits per heavy atom. The van der Waals surface area contributed by atoms with Crippen molar-refractivity contribution in [2.45, 2.75) is 24.7 Å². The number of carbonyl (C=O) groups excluding carboxylic acids is 1. The molecule has 1 aliphatic heterocycles. The van der Waals surface area contributed by atoms with Crippen LogP contribution in [0.2, 0.25) is 0 Å². The number of nitrogens with one attached hydrogen (secondary N) is 1. The van der Waals surface area contributed by atoms with Crippen molar-refractivity contribution in [2.75, 3.05) is 18.4 Å². The molecule has 0 aromatic heterocycles. The molecule has 0 aliphatic carbocycles. The lowest BCUT2D eigenvalue weighted by molar-refractivity contribution is 0.102. The molecule has 0 unspecified atom stereocenters. The highest BCUT2D eigenvalue weighted by Crippen LogP contribution is 2.26. The molecule has 0 spiro atoms. The molecular weight excluding hydrogens is 423 g/mol. The molecule has 0 bridgehead atoms. The molecule has 2 aromatic carbocycles. The van der Waals surface area contributed by atoms with Gasteiger partial charge in [0.05, 0.1) is 10.5 Å². The summed E-state index contributed by atoms with van der Waals surface area (Å²) in [7, 11) is -3.62. The number of halogens is 2. The Bertz CT molecular complexity index is 957. The van der Waals surface area contributed by atoms with E-state index in [1.165, 1.54) is 28.6 Å². The van der Waals surface area contributed by atoms with Crippen molar-refractivity contribution in [3.05, 3.63) is 57.8 Å². The van der Waals surface area contributed by atoms with Gasteiger partial charge in [-0.3, -0.25) is 4.79 Å². The van der Waals surface area contributed by atoms with Crippen LogP contribution in [0.5, 0.6) is 0 Å². The average Bonchev–Trinajstić information content (AvgIpc) is 3.13. The highest BCUT2D eigenvalue weighted by Gasteiger charge is 2.28. The fourth-order valence-electron chi connectivity index (χ4n) is 2.79. The zero-order chi connectivity index (χ0) is 18.9. The molecule has 0 radical (unpaired) electrons. The highest BCUT2D eigenvalue weighted by molar-refractivity contribution is 9.10.